The largest absolute Gasteiger partial charge is 0.487 e. The first kappa shape index (κ1) is 21.4. The number of hydrogen-bond acceptors (Lipinski definition) is 5. The number of carbonyl (C=O) groups is 1. The molecule has 33 heavy (non-hydrogen) atoms. The first-order chi connectivity index (χ1) is 15.7. The lowest BCUT2D eigenvalue weighted by Crippen LogP contribution is -2.51. The molecule has 2 N–H and O–H groups in total. The Morgan fingerprint density at radius 1 is 1.21 bits per heavy atom. The zero-order valence-electron chi connectivity index (χ0n) is 18.2. The van der Waals surface area contributed by atoms with Gasteiger partial charge in [-0.05, 0) is 60.0 Å². The second kappa shape index (κ2) is 7.56. The monoisotopic (exact) mass is 464 g/mol. The second-order valence-electron chi connectivity index (χ2n) is 8.83. The van der Waals surface area contributed by atoms with Crippen LogP contribution in [-0.2, 0) is 16.8 Å². The van der Waals surface area contributed by atoms with E-state index in [0.717, 1.165) is 5.56 Å². The Morgan fingerprint density at radius 2 is 2.03 bits per heavy atom. The van der Waals surface area contributed by atoms with Gasteiger partial charge < -0.3 is 10.5 Å². The summed E-state index contributed by atoms with van der Waals surface area (Å²) in [5, 5.41) is 0.289. The molecular formula is C25H22ClFN4O2. The van der Waals surface area contributed by atoms with Crippen LogP contribution in [0.3, 0.4) is 0 Å². The van der Waals surface area contributed by atoms with Gasteiger partial charge in [-0.2, -0.15) is 0 Å². The zero-order chi connectivity index (χ0) is 23.4. The van der Waals surface area contributed by atoms with Crippen molar-refractivity contribution >= 4 is 23.5 Å². The maximum atomic E-state index is 14.0. The molecule has 0 radical (unpaired) electrons. The van der Waals surface area contributed by atoms with Crippen LogP contribution in [0.15, 0.2) is 65.9 Å². The van der Waals surface area contributed by atoms with Gasteiger partial charge in [-0.25, -0.2) is 9.38 Å². The minimum Gasteiger partial charge on any atom is -0.487 e. The normalized spacial score (nSPS) is 23.9. The van der Waals surface area contributed by atoms with E-state index in [1.165, 1.54) is 17.0 Å². The lowest BCUT2D eigenvalue weighted by molar-refractivity contribution is -0.133. The second-order valence-corrected chi connectivity index (χ2v) is 9.27. The van der Waals surface area contributed by atoms with Crippen LogP contribution in [0, 0.1) is 5.82 Å². The quantitative estimate of drug-likeness (QED) is 0.626. The summed E-state index contributed by atoms with van der Waals surface area (Å²) in [7, 11) is 1.61. The number of halogens is 2. The lowest BCUT2D eigenvalue weighted by Gasteiger charge is -2.43. The molecule has 1 unspecified atom stereocenters. The van der Waals surface area contributed by atoms with E-state index in [0.29, 0.717) is 35.3 Å². The number of aromatic nitrogens is 1. The van der Waals surface area contributed by atoms with Gasteiger partial charge in [0.15, 0.2) is 11.5 Å². The van der Waals surface area contributed by atoms with Crippen molar-refractivity contribution in [3.05, 3.63) is 82.9 Å². The SMILES string of the molecule is CN1C(=O)C2(C[C@](C)(Cc3cccnc3)Oc3ccc(-c4cc(F)cc(Cl)c4)cc32)N=C1N. The Kier molecular flexibility index (Phi) is 4.90. The molecular weight excluding hydrogens is 443 g/mol. The van der Waals surface area contributed by atoms with Crippen LogP contribution < -0.4 is 10.5 Å². The predicted octanol–water partition coefficient (Wildman–Crippen LogP) is 4.31. The highest BCUT2D eigenvalue weighted by Crippen LogP contribution is 2.50. The van der Waals surface area contributed by atoms with Crippen LogP contribution in [0.25, 0.3) is 11.1 Å². The van der Waals surface area contributed by atoms with Crippen molar-refractivity contribution in [2.45, 2.75) is 30.9 Å². The summed E-state index contributed by atoms with van der Waals surface area (Å²) in [5.74, 6) is 0.0235. The summed E-state index contributed by atoms with van der Waals surface area (Å²) in [5.41, 5.74) is 7.01. The van der Waals surface area contributed by atoms with Crippen LogP contribution in [0.1, 0.15) is 24.5 Å². The number of nitrogens with zero attached hydrogens (tertiary/aromatic N) is 3. The summed E-state index contributed by atoms with van der Waals surface area (Å²) in [6.45, 7) is 1.96. The number of carbonyl (C=O) groups excluding carboxylic acids is 1. The molecule has 168 valence electrons. The van der Waals surface area contributed by atoms with Gasteiger partial charge in [-0.1, -0.05) is 23.7 Å². The fraction of sp³-hybridized carbons (Fsp3) is 0.240. The van der Waals surface area contributed by atoms with E-state index in [1.54, 1.807) is 31.6 Å². The van der Waals surface area contributed by atoms with E-state index >= 15 is 0 Å². The number of guanidine groups is 1. The van der Waals surface area contributed by atoms with Gasteiger partial charge in [0.25, 0.3) is 5.91 Å². The number of amides is 1. The number of rotatable bonds is 3. The third-order valence-corrected chi connectivity index (χ3v) is 6.43. The predicted molar refractivity (Wildman–Crippen MR) is 125 cm³/mol. The van der Waals surface area contributed by atoms with Crippen LogP contribution in [0.4, 0.5) is 4.39 Å². The van der Waals surface area contributed by atoms with Crippen molar-refractivity contribution in [3.63, 3.8) is 0 Å². The maximum Gasteiger partial charge on any atom is 0.261 e. The van der Waals surface area contributed by atoms with Crippen molar-refractivity contribution in [3.8, 4) is 16.9 Å². The van der Waals surface area contributed by atoms with Crippen molar-refractivity contribution in [2.24, 2.45) is 10.7 Å². The summed E-state index contributed by atoms with van der Waals surface area (Å²) in [6, 6.07) is 13.6. The molecule has 0 bridgehead atoms. The first-order valence-corrected chi connectivity index (χ1v) is 10.9. The molecule has 3 aromatic rings. The number of hydrogen-bond donors (Lipinski definition) is 1. The van der Waals surface area contributed by atoms with Crippen molar-refractivity contribution in [2.75, 3.05) is 7.05 Å². The third-order valence-electron chi connectivity index (χ3n) is 6.22. The Balaban J connectivity index is 1.65. The van der Waals surface area contributed by atoms with Gasteiger partial charge in [-0.3, -0.25) is 14.7 Å². The molecule has 3 heterocycles. The van der Waals surface area contributed by atoms with Crippen molar-refractivity contribution in [1.82, 2.24) is 9.88 Å². The molecule has 0 saturated carbocycles. The number of ether oxygens (including phenoxy) is 1. The molecule has 8 heteroatoms. The molecule has 2 aliphatic heterocycles. The fourth-order valence-corrected chi connectivity index (χ4v) is 5.03. The molecule has 1 aromatic heterocycles. The van der Waals surface area contributed by atoms with Crippen LogP contribution in [0.5, 0.6) is 5.75 Å². The van der Waals surface area contributed by atoms with E-state index in [4.69, 9.17) is 22.1 Å². The van der Waals surface area contributed by atoms with Crippen molar-refractivity contribution < 1.29 is 13.9 Å². The van der Waals surface area contributed by atoms with Crippen LogP contribution in [-0.4, -0.2) is 34.4 Å². The first-order valence-electron chi connectivity index (χ1n) is 10.5. The third kappa shape index (κ3) is 3.62. The Labute approximate surface area is 195 Å². The number of aliphatic imine (C=N–C) groups is 1. The lowest BCUT2D eigenvalue weighted by atomic mass is 9.74. The minimum atomic E-state index is -1.24. The molecule has 2 aliphatic rings. The highest BCUT2D eigenvalue weighted by molar-refractivity contribution is 6.30. The average Bonchev–Trinajstić information content (AvgIpc) is 2.97. The zero-order valence-corrected chi connectivity index (χ0v) is 18.9. The number of fused-ring (bicyclic) bond motifs is 2. The van der Waals surface area contributed by atoms with Crippen LogP contribution in [0.2, 0.25) is 5.02 Å². The molecule has 0 saturated heterocycles. The highest BCUT2D eigenvalue weighted by atomic mass is 35.5. The summed E-state index contributed by atoms with van der Waals surface area (Å²) in [6.07, 6.45) is 4.33. The van der Waals surface area contributed by atoms with Gasteiger partial charge in [0.2, 0.25) is 0 Å². The molecule has 1 amide bonds. The number of likely N-dealkylation sites (N-methyl/N-ethyl adjacent to an activating group) is 1. The highest BCUT2D eigenvalue weighted by Gasteiger charge is 2.56. The minimum absolute atomic E-state index is 0.149. The maximum absolute atomic E-state index is 14.0. The average molecular weight is 465 g/mol. The standard InChI is InChI=1S/C25H22ClFN4O2/c1-24(12-15-4-3-7-29-13-15)14-25(22(32)31(2)23(28)30-25)20-10-16(5-6-21(20)33-24)17-8-18(26)11-19(27)9-17/h3-11,13H,12,14H2,1-2H3,(H2,28,30)/t24-,25?/m0/s1. The van der Waals surface area contributed by atoms with Gasteiger partial charge >= 0.3 is 0 Å². The summed E-state index contributed by atoms with van der Waals surface area (Å²) in [4.78, 5) is 23.8. The Bertz CT molecular complexity index is 1280. The van der Waals surface area contributed by atoms with E-state index in [2.05, 4.69) is 9.98 Å². The topological polar surface area (TPSA) is 80.8 Å². The van der Waals surface area contributed by atoms with Gasteiger partial charge in [0.1, 0.15) is 17.2 Å². The van der Waals surface area contributed by atoms with E-state index in [1.807, 2.05) is 31.2 Å². The molecule has 1 spiro atoms. The molecule has 2 aromatic carbocycles. The van der Waals surface area contributed by atoms with Crippen LogP contribution >= 0.6 is 11.6 Å². The number of nitrogens with two attached hydrogens (primary N) is 1. The molecule has 6 nitrogen and oxygen atoms in total. The van der Waals surface area contributed by atoms with E-state index in [9.17, 15) is 9.18 Å². The fourth-order valence-electron chi connectivity index (χ4n) is 4.80. The Morgan fingerprint density at radius 3 is 2.70 bits per heavy atom. The summed E-state index contributed by atoms with van der Waals surface area (Å²) < 4.78 is 20.5. The van der Waals surface area contributed by atoms with Gasteiger partial charge in [0.05, 0.1) is 0 Å². The molecule has 2 atom stereocenters. The molecule has 5 rings (SSSR count). The number of benzene rings is 2. The Hall–Kier alpha value is -3.45. The number of pyridine rings is 1. The van der Waals surface area contributed by atoms with E-state index < -0.39 is 17.0 Å². The smallest absolute Gasteiger partial charge is 0.261 e. The molecule has 0 fully saturated rings. The van der Waals surface area contributed by atoms with Crippen molar-refractivity contribution in [1.29, 1.82) is 0 Å². The molecule has 0 aliphatic carbocycles. The summed E-state index contributed by atoms with van der Waals surface area (Å²) >= 11 is 6.07. The van der Waals surface area contributed by atoms with Gasteiger partial charge in [-0.15, -0.1) is 0 Å². The van der Waals surface area contributed by atoms with Gasteiger partial charge in [0, 0.05) is 42.9 Å². The van der Waals surface area contributed by atoms with E-state index in [-0.39, 0.29) is 16.9 Å².